The maximum atomic E-state index is 13.6. The summed E-state index contributed by atoms with van der Waals surface area (Å²) in [5.41, 5.74) is 0.635. The molecule has 2 unspecified atom stereocenters. The van der Waals surface area contributed by atoms with E-state index in [2.05, 4.69) is 6.92 Å². The lowest BCUT2D eigenvalue weighted by Crippen LogP contribution is -2.39. The van der Waals surface area contributed by atoms with Crippen LogP contribution in [0.15, 0.2) is 24.3 Å². The van der Waals surface area contributed by atoms with E-state index >= 15 is 0 Å². The Labute approximate surface area is 114 Å². The Balaban J connectivity index is 2.02. The first-order chi connectivity index (χ1) is 9.13. The summed E-state index contributed by atoms with van der Waals surface area (Å²) in [4.78, 5) is 14.4. The van der Waals surface area contributed by atoms with Gasteiger partial charge in [0.1, 0.15) is 5.82 Å². The number of hydrogen-bond donors (Lipinski definition) is 0. The molecule has 104 valence electrons. The van der Waals surface area contributed by atoms with Crippen molar-refractivity contribution in [3.63, 3.8) is 0 Å². The molecule has 0 N–H and O–H groups in total. The third kappa shape index (κ3) is 3.14. The highest BCUT2D eigenvalue weighted by Crippen LogP contribution is 2.23. The van der Waals surface area contributed by atoms with Crippen molar-refractivity contribution in [3.05, 3.63) is 35.6 Å². The van der Waals surface area contributed by atoms with Gasteiger partial charge in [-0.1, -0.05) is 32.0 Å². The van der Waals surface area contributed by atoms with Crippen LogP contribution in [0, 0.1) is 11.7 Å². The molecule has 2 atom stereocenters. The van der Waals surface area contributed by atoms with Crippen LogP contribution in [-0.4, -0.2) is 23.4 Å². The molecule has 1 fully saturated rings. The van der Waals surface area contributed by atoms with E-state index in [4.69, 9.17) is 0 Å². The first kappa shape index (κ1) is 14.0. The largest absolute Gasteiger partial charge is 0.339 e. The third-order valence-corrected chi connectivity index (χ3v) is 4.04. The van der Waals surface area contributed by atoms with Gasteiger partial charge in [-0.25, -0.2) is 4.39 Å². The Morgan fingerprint density at radius 3 is 2.89 bits per heavy atom. The lowest BCUT2D eigenvalue weighted by molar-refractivity contribution is -0.135. The number of likely N-dealkylation sites (tertiary alicyclic amines) is 1. The molecule has 1 aromatic carbocycles. The van der Waals surface area contributed by atoms with Crippen molar-refractivity contribution < 1.29 is 9.18 Å². The third-order valence-electron chi connectivity index (χ3n) is 4.04. The molecule has 19 heavy (non-hydrogen) atoms. The molecule has 1 aromatic rings. The van der Waals surface area contributed by atoms with Gasteiger partial charge in [0, 0.05) is 18.5 Å². The summed E-state index contributed by atoms with van der Waals surface area (Å²) in [6.07, 6.45) is 3.70. The molecule has 0 aromatic heterocycles. The molecule has 0 bridgehead atoms. The predicted octanol–water partition coefficient (Wildman–Crippen LogP) is 3.41. The molecular formula is C16H22FNO. The molecule has 0 saturated carbocycles. The summed E-state index contributed by atoms with van der Waals surface area (Å²) in [5.74, 6) is -0.188. The van der Waals surface area contributed by atoms with Crippen molar-refractivity contribution in [2.45, 2.75) is 45.6 Å². The second kappa shape index (κ2) is 6.18. The summed E-state index contributed by atoms with van der Waals surface area (Å²) < 4.78 is 13.6. The second-order valence-electron chi connectivity index (χ2n) is 5.43. The van der Waals surface area contributed by atoms with Crippen LogP contribution in [0.25, 0.3) is 0 Å². The minimum atomic E-state index is -0.212. The highest BCUT2D eigenvalue weighted by Gasteiger charge is 2.30. The van der Waals surface area contributed by atoms with Crippen LogP contribution in [0.3, 0.4) is 0 Å². The first-order valence-corrected chi connectivity index (χ1v) is 7.17. The van der Waals surface area contributed by atoms with Gasteiger partial charge < -0.3 is 4.90 Å². The van der Waals surface area contributed by atoms with Crippen molar-refractivity contribution in [1.29, 1.82) is 0 Å². The average Bonchev–Trinajstić information content (AvgIpc) is 2.88. The summed E-state index contributed by atoms with van der Waals surface area (Å²) in [6, 6.07) is 7.10. The molecule has 1 heterocycles. The maximum absolute atomic E-state index is 13.6. The normalized spacial score (nSPS) is 20.6. The zero-order valence-electron chi connectivity index (χ0n) is 11.7. The van der Waals surface area contributed by atoms with Gasteiger partial charge in [0.25, 0.3) is 0 Å². The molecule has 0 aliphatic carbocycles. The van der Waals surface area contributed by atoms with Crippen molar-refractivity contribution in [3.8, 4) is 0 Å². The van der Waals surface area contributed by atoms with E-state index in [-0.39, 0.29) is 17.6 Å². The minimum absolute atomic E-state index is 0.149. The van der Waals surface area contributed by atoms with Gasteiger partial charge in [0.15, 0.2) is 0 Å². The summed E-state index contributed by atoms with van der Waals surface area (Å²) in [5, 5.41) is 0. The molecule has 1 amide bonds. The summed E-state index contributed by atoms with van der Waals surface area (Å²) in [7, 11) is 0. The van der Waals surface area contributed by atoms with E-state index in [0.717, 1.165) is 25.8 Å². The van der Waals surface area contributed by atoms with E-state index in [1.54, 1.807) is 12.1 Å². The van der Waals surface area contributed by atoms with Gasteiger partial charge in [-0.15, -0.1) is 0 Å². The van der Waals surface area contributed by atoms with Crippen LogP contribution >= 0.6 is 0 Å². The Bertz CT molecular complexity index is 446. The van der Waals surface area contributed by atoms with Gasteiger partial charge in [-0.05, 0) is 37.3 Å². The van der Waals surface area contributed by atoms with Crippen molar-refractivity contribution in [2.75, 3.05) is 6.54 Å². The highest BCUT2D eigenvalue weighted by molar-refractivity contribution is 5.79. The van der Waals surface area contributed by atoms with Gasteiger partial charge in [-0.2, -0.15) is 0 Å². The van der Waals surface area contributed by atoms with Gasteiger partial charge in [-0.3, -0.25) is 4.79 Å². The Morgan fingerprint density at radius 2 is 2.21 bits per heavy atom. The van der Waals surface area contributed by atoms with Gasteiger partial charge in [0.05, 0.1) is 0 Å². The summed E-state index contributed by atoms with van der Waals surface area (Å²) >= 11 is 0. The quantitative estimate of drug-likeness (QED) is 0.815. The number of carbonyl (C=O) groups excluding carboxylic acids is 1. The molecule has 1 aliphatic heterocycles. The lowest BCUT2D eigenvalue weighted by Gasteiger charge is -2.27. The first-order valence-electron chi connectivity index (χ1n) is 7.17. The monoisotopic (exact) mass is 263 g/mol. The second-order valence-corrected chi connectivity index (χ2v) is 5.43. The fourth-order valence-corrected chi connectivity index (χ4v) is 2.91. The van der Waals surface area contributed by atoms with Crippen molar-refractivity contribution in [1.82, 2.24) is 4.90 Å². The van der Waals surface area contributed by atoms with Gasteiger partial charge in [0.2, 0.25) is 5.91 Å². The molecule has 1 saturated heterocycles. The molecule has 3 heteroatoms. The maximum Gasteiger partial charge on any atom is 0.225 e. The number of rotatable bonds is 4. The number of hydrogen-bond acceptors (Lipinski definition) is 1. The molecule has 2 rings (SSSR count). The standard InChI is InChI=1S/C16H22FNO/c1-3-14-8-6-10-18(14)16(19)12(2)11-13-7-4-5-9-15(13)17/h4-5,7,9,12,14H,3,6,8,10-11H2,1-2H3. The molecule has 0 radical (unpaired) electrons. The molecular weight excluding hydrogens is 241 g/mol. The number of benzene rings is 1. The van der Waals surface area contributed by atoms with Gasteiger partial charge >= 0.3 is 0 Å². The van der Waals surface area contributed by atoms with E-state index in [0.29, 0.717) is 18.0 Å². The average molecular weight is 263 g/mol. The smallest absolute Gasteiger partial charge is 0.225 e. The molecule has 1 aliphatic rings. The van der Waals surface area contributed by atoms with Crippen LogP contribution in [0.4, 0.5) is 4.39 Å². The fraction of sp³-hybridized carbons (Fsp3) is 0.562. The van der Waals surface area contributed by atoms with Crippen molar-refractivity contribution in [2.24, 2.45) is 5.92 Å². The van der Waals surface area contributed by atoms with E-state index < -0.39 is 0 Å². The van der Waals surface area contributed by atoms with E-state index in [1.807, 2.05) is 17.9 Å². The van der Waals surface area contributed by atoms with Crippen LogP contribution in [0.2, 0.25) is 0 Å². The van der Waals surface area contributed by atoms with Crippen LogP contribution < -0.4 is 0 Å². The molecule has 0 spiro atoms. The zero-order chi connectivity index (χ0) is 13.8. The number of amides is 1. The Hall–Kier alpha value is -1.38. The van der Waals surface area contributed by atoms with E-state index in [9.17, 15) is 9.18 Å². The van der Waals surface area contributed by atoms with Crippen molar-refractivity contribution >= 4 is 5.91 Å². The molecule has 2 nitrogen and oxygen atoms in total. The Kier molecular flexibility index (Phi) is 4.56. The Morgan fingerprint density at radius 1 is 1.47 bits per heavy atom. The summed E-state index contributed by atoms with van der Waals surface area (Å²) in [6.45, 7) is 4.89. The zero-order valence-corrected chi connectivity index (χ0v) is 11.7. The highest BCUT2D eigenvalue weighted by atomic mass is 19.1. The number of nitrogens with zero attached hydrogens (tertiary/aromatic N) is 1. The predicted molar refractivity (Wildman–Crippen MR) is 74.3 cm³/mol. The SMILES string of the molecule is CCC1CCCN1C(=O)C(C)Cc1ccccc1F. The van der Waals surface area contributed by atoms with Crippen LogP contribution in [0.5, 0.6) is 0 Å². The lowest BCUT2D eigenvalue weighted by atomic mass is 9.99. The fourth-order valence-electron chi connectivity index (χ4n) is 2.91. The number of carbonyl (C=O) groups is 1. The topological polar surface area (TPSA) is 20.3 Å². The minimum Gasteiger partial charge on any atom is -0.339 e. The number of halogens is 1. The van der Waals surface area contributed by atoms with E-state index in [1.165, 1.54) is 6.07 Å². The van der Waals surface area contributed by atoms with Crippen LogP contribution in [-0.2, 0) is 11.2 Å². The van der Waals surface area contributed by atoms with Crippen LogP contribution in [0.1, 0.15) is 38.7 Å².